The molecule has 1 saturated carbocycles. The fourth-order valence-electron chi connectivity index (χ4n) is 3.68. The third kappa shape index (κ3) is 2.71. The highest BCUT2D eigenvalue weighted by molar-refractivity contribution is 6.05. The molecular formula is C16H21N9. The van der Waals surface area contributed by atoms with Gasteiger partial charge in [0.1, 0.15) is 5.66 Å². The Balaban J connectivity index is 1.78. The molecule has 2 heterocycles. The molecule has 0 saturated heterocycles. The topological polar surface area (TPSA) is 124 Å². The Bertz CT molecular complexity index is 845. The highest BCUT2D eigenvalue weighted by atomic mass is 15.6. The number of anilines is 1. The molecule has 4 N–H and O–H groups in total. The summed E-state index contributed by atoms with van der Waals surface area (Å²) in [6, 6.07) is 7.89. The van der Waals surface area contributed by atoms with Crippen molar-refractivity contribution in [3.8, 4) is 11.4 Å². The first-order valence-corrected chi connectivity index (χ1v) is 8.42. The Kier molecular flexibility index (Phi) is 3.63. The van der Waals surface area contributed by atoms with Crippen LogP contribution in [0.1, 0.15) is 32.1 Å². The normalized spacial score (nSPS) is 19.6. The van der Waals surface area contributed by atoms with Crippen molar-refractivity contribution in [2.75, 3.05) is 4.90 Å². The van der Waals surface area contributed by atoms with Crippen molar-refractivity contribution >= 4 is 17.6 Å². The summed E-state index contributed by atoms with van der Waals surface area (Å²) in [6.45, 7) is 0. The lowest BCUT2D eigenvalue weighted by atomic mass is 9.87. The van der Waals surface area contributed by atoms with Gasteiger partial charge in [0.05, 0.1) is 7.05 Å². The molecule has 2 aliphatic rings. The zero-order valence-corrected chi connectivity index (χ0v) is 14.1. The van der Waals surface area contributed by atoms with Crippen LogP contribution in [-0.4, -0.2) is 37.8 Å². The second-order valence-corrected chi connectivity index (χ2v) is 6.47. The smallest absolute Gasteiger partial charge is 0.220 e. The van der Waals surface area contributed by atoms with Crippen molar-refractivity contribution in [2.24, 2.45) is 28.5 Å². The van der Waals surface area contributed by atoms with Crippen LogP contribution in [0.5, 0.6) is 0 Å². The number of nitrogens with zero attached hydrogens (tertiary/aromatic N) is 7. The average molecular weight is 339 g/mol. The molecule has 0 unspecified atom stereocenters. The summed E-state index contributed by atoms with van der Waals surface area (Å²) in [6.07, 6.45) is 5.18. The summed E-state index contributed by atoms with van der Waals surface area (Å²) < 4.78 is 0. The lowest BCUT2D eigenvalue weighted by molar-refractivity contribution is 0.305. The van der Waals surface area contributed by atoms with Crippen molar-refractivity contribution in [3.63, 3.8) is 0 Å². The molecule has 1 aliphatic heterocycles. The van der Waals surface area contributed by atoms with Crippen molar-refractivity contribution < 1.29 is 0 Å². The first-order valence-electron chi connectivity index (χ1n) is 8.42. The van der Waals surface area contributed by atoms with E-state index in [0.717, 1.165) is 36.9 Å². The minimum atomic E-state index is -0.456. The Hall–Kier alpha value is -2.97. The van der Waals surface area contributed by atoms with Gasteiger partial charge in [-0.25, -0.2) is 4.99 Å². The van der Waals surface area contributed by atoms with E-state index in [1.54, 1.807) is 7.05 Å². The van der Waals surface area contributed by atoms with Gasteiger partial charge in [-0.15, -0.1) is 10.2 Å². The molecule has 0 atom stereocenters. The zero-order valence-electron chi connectivity index (χ0n) is 14.1. The number of tetrazole rings is 1. The predicted octanol–water partition coefficient (Wildman–Crippen LogP) is 0.987. The molecule has 0 bridgehead atoms. The fourth-order valence-corrected chi connectivity index (χ4v) is 3.68. The van der Waals surface area contributed by atoms with Crippen LogP contribution < -0.4 is 16.4 Å². The second-order valence-electron chi connectivity index (χ2n) is 6.47. The zero-order chi connectivity index (χ0) is 17.4. The molecular weight excluding hydrogens is 318 g/mol. The van der Waals surface area contributed by atoms with Crippen molar-refractivity contribution in [2.45, 2.75) is 37.8 Å². The summed E-state index contributed by atoms with van der Waals surface area (Å²) >= 11 is 0. The number of guanidine groups is 2. The Morgan fingerprint density at radius 2 is 1.92 bits per heavy atom. The van der Waals surface area contributed by atoms with Gasteiger partial charge < -0.3 is 11.5 Å². The van der Waals surface area contributed by atoms with Gasteiger partial charge in [-0.2, -0.15) is 9.79 Å². The summed E-state index contributed by atoms with van der Waals surface area (Å²) in [5.74, 6) is 1.19. The highest BCUT2D eigenvalue weighted by Gasteiger charge is 2.42. The molecule has 130 valence electrons. The summed E-state index contributed by atoms with van der Waals surface area (Å²) in [5, 5.41) is 12.2. The van der Waals surface area contributed by atoms with E-state index in [4.69, 9.17) is 16.5 Å². The Morgan fingerprint density at radius 3 is 2.64 bits per heavy atom. The first-order chi connectivity index (χ1) is 12.1. The molecule has 9 heteroatoms. The maximum atomic E-state index is 6.27. The van der Waals surface area contributed by atoms with Gasteiger partial charge in [0.15, 0.2) is 0 Å². The monoisotopic (exact) mass is 339 g/mol. The van der Waals surface area contributed by atoms with Crippen LogP contribution in [0.4, 0.5) is 5.69 Å². The molecule has 1 aliphatic carbocycles. The summed E-state index contributed by atoms with van der Waals surface area (Å²) in [4.78, 5) is 12.3. The number of aliphatic imine (C=N–C) groups is 2. The molecule has 1 spiro atoms. The number of aromatic nitrogens is 4. The molecule has 2 aromatic rings. The van der Waals surface area contributed by atoms with E-state index in [9.17, 15) is 0 Å². The minimum Gasteiger partial charge on any atom is -0.369 e. The Labute approximate surface area is 145 Å². The number of rotatable bonds is 2. The van der Waals surface area contributed by atoms with Gasteiger partial charge in [0.2, 0.25) is 17.7 Å². The van der Waals surface area contributed by atoms with Crippen molar-refractivity contribution in [1.29, 1.82) is 0 Å². The van der Waals surface area contributed by atoms with Crippen molar-refractivity contribution in [1.82, 2.24) is 20.2 Å². The van der Waals surface area contributed by atoms with Gasteiger partial charge in [0.25, 0.3) is 0 Å². The third-order valence-corrected chi connectivity index (χ3v) is 4.72. The fraction of sp³-hybridized carbons (Fsp3) is 0.438. The van der Waals surface area contributed by atoms with Gasteiger partial charge in [-0.1, -0.05) is 18.6 Å². The van der Waals surface area contributed by atoms with E-state index in [2.05, 4.69) is 20.4 Å². The number of hydrogen-bond acceptors (Lipinski definition) is 8. The quantitative estimate of drug-likeness (QED) is 0.841. The number of aryl methyl sites for hydroxylation is 1. The van der Waals surface area contributed by atoms with E-state index in [0.29, 0.717) is 11.8 Å². The molecule has 0 amide bonds. The van der Waals surface area contributed by atoms with Gasteiger partial charge >= 0.3 is 0 Å². The number of nitrogens with two attached hydrogens (primary N) is 2. The molecule has 1 aromatic heterocycles. The van der Waals surface area contributed by atoms with E-state index < -0.39 is 5.66 Å². The highest BCUT2D eigenvalue weighted by Crippen LogP contribution is 2.40. The lowest BCUT2D eigenvalue weighted by Crippen LogP contribution is -2.58. The average Bonchev–Trinajstić information content (AvgIpc) is 3.01. The van der Waals surface area contributed by atoms with Crippen LogP contribution >= 0.6 is 0 Å². The van der Waals surface area contributed by atoms with Gasteiger partial charge in [-0.05, 0) is 43.0 Å². The van der Waals surface area contributed by atoms with E-state index in [1.165, 1.54) is 11.2 Å². The molecule has 4 rings (SSSR count). The minimum absolute atomic E-state index is 0.252. The van der Waals surface area contributed by atoms with Crippen LogP contribution in [0, 0.1) is 0 Å². The lowest BCUT2D eigenvalue weighted by Gasteiger charge is -2.45. The maximum absolute atomic E-state index is 6.27. The first kappa shape index (κ1) is 15.6. The predicted molar refractivity (Wildman–Crippen MR) is 95.8 cm³/mol. The molecule has 1 fully saturated rings. The van der Waals surface area contributed by atoms with Crippen LogP contribution in [0.2, 0.25) is 0 Å². The molecule has 0 radical (unpaired) electrons. The molecule has 1 aromatic carbocycles. The largest absolute Gasteiger partial charge is 0.369 e. The summed E-state index contributed by atoms with van der Waals surface area (Å²) in [5.41, 5.74) is 13.5. The van der Waals surface area contributed by atoms with Gasteiger partial charge in [0, 0.05) is 11.3 Å². The second kappa shape index (κ2) is 5.83. The number of hydrogen-bond donors (Lipinski definition) is 2. The SMILES string of the molecule is Cn1nnc(-c2cccc(N3C(N)=NC(N)=NC34CCCCC4)c2)n1. The number of benzene rings is 1. The standard InChI is InChI=1S/C16H21N9/c1-24-22-13(21-23-24)11-6-5-7-12(10-11)25-15(18)19-14(17)20-16(25)8-3-2-4-9-16/h5-7,10H,2-4,8-9H2,1H3,(H4,17,18,19,20). The van der Waals surface area contributed by atoms with E-state index in [1.807, 2.05) is 29.2 Å². The molecule has 9 nitrogen and oxygen atoms in total. The van der Waals surface area contributed by atoms with Crippen LogP contribution in [0.3, 0.4) is 0 Å². The molecule has 25 heavy (non-hydrogen) atoms. The summed E-state index contributed by atoms with van der Waals surface area (Å²) in [7, 11) is 1.74. The van der Waals surface area contributed by atoms with E-state index in [-0.39, 0.29) is 5.96 Å². The van der Waals surface area contributed by atoms with Crippen LogP contribution in [0.15, 0.2) is 34.3 Å². The maximum Gasteiger partial charge on any atom is 0.220 e. The Morgan fingerprint density at radius 1 is 1.12 bits per heavy atom. The van der Waals surface area contributed by atoms with Gasteiger partial charge in [-0.3, -0.25) is 4.90 Å². The van der Waals surface area contributed by atoms with E-state index >= 15 is 0 Å². The van der Waals surface area contributed by atoms with Crippen LogP contribution in [-0.2, 0) is 7.05 Å². The van der Waals surface area contributed by atoms with Crippen molar-refractivity contribution in [3.05, 3.63) is 24.3 Å². The van der Waals surface area contributed by atoms with Crippen LogP contribution in [0.25, 0.3) is 11.4 Å². The third-order valence-electron chi connectivity index (χ3n) is 4.72.